The van der Waals surface area contributed by atoms with Crippen LogP contribution in [0, 0.1) is 11.3 Å². The molecule has 0 unspecified atom stereocenters. The number of carbonyl (C=O) groups excluding carboxylic acids is 2. The molecule has 0 saturated carbocycles. The van der Waals surface area contributed by atoms with Gasteiger partial charge in [0.1, 0.15) is 17.2 Å². The Hall–Kier alpha value is -4.59. The Balaban J connectivity index is 1.63. The van der Waals surface area contributed by atoms with Crippen molar-refractivity contribution in [2.75, 3.05) is 37.2 Å². The van der Waals surface area contributed by atoms with Crippen LogP contribution in [0.25, 0.3) is 0 Å². The summed E-state index contributed by atoms with van der Waals surface area (Å²) in [5, 5.41) is 20.2. The smallest absolute Gasteiger partial charge is 0.254 e. The lowest BCUT2D eigenvalue weighted by Crippen LogP contribution is -2.31. The van der Waals surface area contributed by atoms with Gasteiger partial charge in [-0.15, -0.1) is 0 Å². The van der Waals surface area contributed by atoms with Gasteiger partial charge in [-0.05, 0) is 43.7 Å². The fourth-order valence-electron chi connectivity index (χ4n) is 4.59. The summed E-state index contributed by atoms with van der Waals surface area (Å²) in [6, 6.07) is 21.8. The van der Waals surface area contributed by atoms with E-state index < -0.39 is 5.92 Å². The number of benzene rings is 3. The monoisotopic (exact) mass is 618 g/mol. The molecule has 3 aromatic carbocycles. The number of nitrogens with one attached hydrogen (secondary N) is 3. The molecule has 1 heterocycles. The Bertz CT molecular complexity index is 1600. The lowest BCUT2D eigenvalue weighted by Gasteiger charge is -2.30. The normalized spacial score (nSPS) is 14.4. The van der Waals surface area contributed by atoms with Gasteiger partial charge >= 0.3 is 0 Å². The summed E-state index contributed by atoms with van der Waals surface area (Å²) in [7, 11) is 2.95. The van der Waals surface area contributed by atoms with Crippen LogP contribution in [0.1, 0.15) is 25.3 Å². The molecule has 9 nitrogen and oxygen atoms in total. The summed E-state index contributed by atoms with van der Waals surface area (Å²) in [6.07, 6.45) is 0. The zero-order chi connectivity index (χ0) is 30.9. The van der Waals surface area contributed by atoms with Crippen LogP contribution in [0.4, 0.5) is 11.4 Å². The molecule has 3 N–H and O–H groups in total. The van der Waals surface area contributed by atoms with Crippen LogP contribution in [0.2, 0.25) is 5.02 Å². The molecule has 0 spiro atoms. The van der Waals surface area contributed by atoms with Crippen LogP contribution in [-0.2, 0) is 9.59 Å². The highest BCUT2D eigenvalue weighted by Crippen LogP contribution is 2.42. The zero-order valence-corrected chi connectivity index (χ0v) is 25.7. The maximum atomic E-state index is 13.6. The molecule has 2 amide bonds. The zero-order valence-electron chi connectivity index (χ0n) is 24.1. The van der Waals surface area contributed by atoms with Gasteiger partial charge in [0.25, 0.3) is 5.91 Å². The van der Waals surface area contributed by atoms with Crippen molar-refractivity contribution in [3.05, 3.63) is 99.2 Å². The molecular formula is C32H31ClN4O5S. The second kappa shape index (κ2) is 14.5. The van der Waals surface area contributed by atoms with Crippen LogP contribution < -0.4 is 30.2 Å². The predicted octanol–water partition coefficient (Wildman–Crippen LogP) is 6.46. The molecule has 1 atom stereocenters. The third kappa shape index (κ3) is 7.44. The molecule has 43 heavy (non-hydrogen) atoms. The van der Waals surface area contributed by atoms with Gasteiger partial charge in [0.2, 0.25) is 5.91 Å². The molecule has 0 aliphatic carbocycles. The molecule has 0 aromatic heterocycles. The van der Waals surface area contributed by atoms with Crippen molar-refractivity contribution in [1.82, 2.24) is 5.32 Å². The van der Waals surface area contributed by atoms with Gasteiger partial charge in [0.05, 0.1) is 59.9 Å². The highest BCUT2D eigenvalue weighted by atomic mass is 35.5. The third-order valence-electron chi connectivity index (χ3n) is 6.54. The van der Waals surface area contributed by atoms with Gasteiger partial charge in [0, 0.05) is 29.1 Å². The second-order valence-electron chi connectivity index (χ2n) is 9.30. The number of halogens is 1. The van der Waals surface area contributed by atoms with Crippen molar-refractivity contribution < 1.29 is 23.8 Å². The van der Waals surface area contributed by atoms with E-state index in [4.69, 9.17) is 25.8 Å². The number of allylic oxidation sites excluding steroid dienone is 2. The summed E-state index contributed by atoms with van der Waals surface area (Å²) in [4.78, 5) is 26.7. The predicted molar refractivity (Wildman–Crippen MR) is 170 cm³/mol. The number of ether oxygens (including phenoxy) is 3. The van der Waals surface area contributed by atoms with Gasteiger partial charge in [-0.25, -0.2) is 0 Å². The molecule has 0 saturated heterocycles. The number of nitrogens with zero attached hydrogens (tertiary/aromatic N) is 1. The fourth-order valence-corrected chi connectivity index (χ4v) is 5.71. The quantitative estimate of drug-likeness (QED) is 0.224. The summed E-state index contributed by atoms with van der Waals surface area (Å²) in [5.41, 5.74) is 3.04. The minimum absolute atomic E-state index is 0.0313. The van der Waals surface area contributed by atoms with Crippen LogP contribution in [0.5, 0.6) is 17.2 Å². The average Bonchev–Trinajstić information content (AvgIpc) is 3.01. The molecular weight excluding hydrogens is 588 g/mol. The van der Waals surface area contributed by atoms with Crippen molar-refractivity contribution in [3.63, 3.8) is 0 Å². The summed E-state index contributed by atoms with van der Waals surface area (Å²) in [6.45, 7) is 4.19. The first-order chi connectivity index (χ1) is 20.8. The average molecular weight is 619 g/mol. The highest BCUT2D eigenvalue weighted by Gasteiger charge is 2.35. The topological polar surface area (TPSA) is 122 Å². The van der Waals surface area contributed by atoms with E-state index in [0.29, 0.717) is 62.1 Å². The first-order valence-electron chi connectivity index (χ1n) is 13.3. The number of amides is 2. The summed E-state index contributed by atoms with van der Waals surface area (Å²) < 4.78 is 16.2. The summed E-state index contributed by atoms with van der Waals surface area (Å²) in [5.74, 6) is 0.0427. The third-order valence-corrected chi connectivity index (χ3v) is 7.86. The minimum atomic E-state index is -0.683. The van der Waals surface area contributed by atoms with Crippen LogP contribution in [0.3, 0.4) is 0 Å². The fraction of sp³-hybridized carbons (Fsp3) is 0.219. The molecule has 222 valence electrons. The van der Waals surface area contributed by atoms with Gasteiger partial charge in [0.15, 0.2) is 0 Å². The van der Waals surface area contributed by atoms with E-state index >= 15 is 0 Å². The van der Waals surface area contributed by atoms with Crippen molar-refractivity contribution >= 4 is 46.6 Å². The molecule has 1 aliphatic heterocycles. The highest BCUT2D eigenvalue weighted by molar-refractivity contribution is 8.03. The number of carbonyl (C=O) groups is 2. The Morgan fingerprint density at radius 1 is 1.02 bits per heavy atom. The van der Waals surface area contributed by atoms with E-state index in [1.54, 1.807) is 31.2 Å². The Morgan fingerprint density at radius 3 is 2.35 bits per heavy atom. The molecule has 11 heteroatoms. The number of thioether (sulfide) groups is 1. The first-order valence-corrected chi connectivity index (χ1v) is 14.7. The Labute approximate surface area is 259 Å². The second-order valence-corrected chi connectivity index (χ2v) is 10.7. The number of rotatable bonds is 11. The molecule has 0 bridgehead atoms. The van der Waals surface area contributed by atoms with Crippen molar-refractivity contribution in [1.29, 1.82) is 5.26 Å². The maximum absolute atomic E-state index is 13.6. The largest absolute Gasteiger partial charge is 0.495 e. The van der Waals surface area contributed by atoms with Crippen molar-refractivity contribution in [2.45, 2.75) is 19.8 Å². The number of methoxy groups -OCH3 is 2. The van der Waals surface area contributed by atoms with Crippen LogP contribution in [0.15, 0.2) is 88.6 Å². The Kier molecular flexibility index (Phi) is 10.6. The van der Waals surface area contributed by atoms with Gasteiger partial charge in [-0.2, -0.15) is 5.26 Å². The number of anilines is 2. The molecule has 0 fully saturated rings. The lowest BCUT2D eigenvalue weighted by atomic mass is 9.82. The molecule has 0 radical (unpaired) electrons. The van der Waals surface area contributed by atoms with E-state index in [9.17, 15) is 14.9 Å². The van der Waals surface area contributed by atoms with E-state index in [2.05, 4.69) is 22.0 Å². The minimum Gasteiger partial charge on any atom is -0.495 e. The lowest BCUT2D eigenvalue weighted by molar-refractivity contribution is -0.114. The van der Waals surface area contributed by atoms with E-state index in [-0.39, 0.29) is 17.6 Å². The standard InChI is InChI=1S/C32H31ClN4O5S/c1-5-42-22-13-11-20(12-14-22)30-23(17-34)32(35-19(2)29(30)31(39)36-21-9-7-6-8-10-21)43-18-28(38)37-25-16-26(40-3)24(33)15-27(25)41-4/h6-16,30,35H,5,18H2,1-4H3,(H,36,39)(H,37,38)/t30-/m1/s1. The number of para-hydroxylation sites is 1. The Morgan fingerprint density at radius 2 is 1.72 bits per heavy atom. The van der Waals surface area contributed by atoms with Crippen molar-refractivity contribution in [2.24, 2.45) is 0 Å². The SMILES string of the molecule is CCOc1ccc([C@@H]2C(C#N)=C(SCC(=O)Nc3cc(OC)c(Cl)cc3OC)NC(C)=C2C(=O)Nc2ccccc2)cc1. The summed E-state index contributed by atoms with van der Waals surface area (Å²) >= 11 is 7.35. The molecule has 4 rings (SSSR count). The number of hydrogen-bond donors (Lipinski definition) is 3. The maximum Gasteiger partial charge on any atom is 0.254 e. The van der Waals surface area contributed by atoms with Crippen molar-refractivity contribution in [3.8, 4) is 23.3 Å². The van der Waals surface area contributed by atoms with Crippen LogP contribution >= 0.6 is 23.4 Å². The van der Waals surface area contributed by atoms with Crippen LogP contribution in [-0.4, -0.2) is 38.4 Å². The van der Waals surface area contributed by atoms with E-state index in [1.165, 1.54) is 14.2 Å². The van der Waals surface area contributed by atoms with E-state index in [0.717, 1.165) is 17.3 Å². The molecule has 3 aromatic rings. The molecule has 1 aliphatic rings. The van der Waals surface area contributed by atoms with E-state index in [1.807, 2.05) is 49.4 Å². The van der Waals surface area contributed by atoms with Gasteiger partial charge in [-0.1, -0.05) is 53.7 Å². The first kappa shape index (κ1) is 31.3. The van der Waals surface area contributed by atoms with Gasteiger partial charge in [-0.3, -0.25) is 9.59 Å². The van der Waals surface area contributed by atoms with Gasteiger partial charge < -0.3 is 30.2 Å². The number of hydrogen-bond acceptors (Lipinski definition) is 8. The number of nitriles is 1. The number of dihydropyridines is 1.